The van der Waals surface area contributed by atoms with E-state index in [1.54, 1.807) is 0 Å². The van der Waals surface area contributed by atoms with Gasteiger partial charge >= 0.3 is 0 Å². The molecule has 2 aliphatic heterocycles. The molecule has 2 heterocycles. The molecular weight excluding hydrogens is 964 g/mol. The zero-order chi connectivity index (χ0) is 54.8. The lowest BCUT2D eigenvalue weighted by Crippen LogP contribution is -2.61. The van der Waals surface area contributed by atoms with E-state index in [-0.39, 0.29) is 17.5 Å². The van der Waals surface area contributed by atoms with Gasteiger partial charge in [0, 0.05) is 34.1 Å². The Morgan fingerprint density at radius 1 is 0.263 bits per heavy atom. The third kappa shape index (κ3) is 8.24. The van der Waals surface area contributed by atoms with Gasteiger partial charge in [0.1, 0.15) is 0 Å². The van der Waals surface area contributed by atoms with Crippen molar-refractivity contribution in [1.29, 1.82) is 0 Å². The molecule has 0 spiro atoms. The predicted octanol–water partition coefficient (Wildman–Crippen LogP) is 17.4. The highest BCUT2D eigenvalue weighted by Crippen LogP contribution is 2.50. The van der Waals surface area contributed by atoms with Crippen LogP contribution in [0.2, 0.25) is 0 Å². The van der Waals surface area contributed by atoms with Crippen molar-refractivity contribution in [2.75, 3.05) is 9.80 Å². The molecule has 11 aromatic rings. The van der Waals surface area contributed by atoms with Gasteiger partial charge in [-0.25, -0.2) is 0 Å². The second-order valence-electron chi connectivity index (χ2n) is 24.2. The summed E-state index contributed by atoms with van der Waals surface area (Å²) >= 11 is 0. The smallest absolute Gasteiger partial charge is 0.252 e. The third-order valence-electron chi connectivity index (χ3n) is 17.3. The molecule has 0 amide bonds. The van der Waals surface area contributed by atoms with Crippen molar-refractivity contribution < 1.29 is 0 Å². The minimum absolute atomic E-state index is 0.0231. The molecule has 0 N–H and O–H groups in total. The summed E-state index contributed by atoms with van der Waals surface area (Å²) in [7, 11) is 0. The lowest BCUT2D eigenvalue weighted by Gasteiger charge is -2.45. The Hall–Kier alpha value is -8.92. The molecule has 0 aromatic heterocycles. The lowest BCUT2D eigenvalue weighted by molar-refractivity contribution is 0.590. The van der Waals surface area contributed by atoms with Gasteiger partial charge in [0.2, 0.25) is 0 Å². The standard InChI is InChI=1S/C77H67BN2/c1-54-50-71-73-72(51-54)80(66-46-40-62(41-47-66)77(58-32-20-11-21-33-58,59-34-22-12-23-35-59)60-36-24-13-25-37-60)70-49-43-64(75(5,6)7)53-68(70)78(73)67-52-63(74(2,3)4)42-48-69(67)79(71)65-44-38-61(39-45-65)76(55-26-14-8-15-27-55,56-28-16-9-17-29-56)57-30-18-10-19-31-57/h8-53H,1-7H3. The second-order valence-corrected chi connectivity index (χ2v) is 24.2. The molecule has 0 radical (unpaired) electrons. The van der Waals surface area contributed by atoms with Crippen LogP contribution in [0, 0.1) is 6.92 Å². The predicted molar refractivity (Wildman–Crippen MR) is 339 cm³/mol. The van der Waals surface area contributed by atoms with Gasteiger partial charge in [-0.15, -0.1) is 0 Å². The van der Waals surface area contributed by atoms with Gasteiger partial charge in [0.15, 0.2) is 0 Å². The Morgan fingerprint density at radius 3 is 0.775 bits per heavy atom. The van der Waals surface area contributed by atoms with E-state index < -0.39 is 10.8 Å². The Morgan fingerprint density at radius 2 is 0.512 bits per heavy atom. The van der Waals surface area contributed by atoms with Gasteiger partial charge in [0.25, 0.3) is 6.71 Å². The van der Waals surface area contributed by atoms with Crippen LogP contribution in [0.15, 0.2) is 279 Å². The molecule has 388 valence electrons. The number of fused-ring (bicyclic) bond motifs is 4. The van der Waals surface area contributed by atoms with Crippen LogP contribution in [0.5, 0.6) is 0 Å². The van der Waals surface area contributed by atoms with Crippen LogP contribution in [-0.2, 0) is 21.7 Å². The van der Waals surface area contributed by atoms with E-state index in [0.29, 0.717) is 0 Å². The van der Waals surface area contributed by atoms with Gasteiger partial charge in [-0.2, -0.15) is 0 Å². The summed E-state index contributed by atoms with van der Waals surface area (Å²) in [6.07, 6.45) is 0. The van der Waals surface area contributed by atoms with E-state index in [9.17, 15) is 0 Å². The number of nitrogens with zero attached hydrogens (tertiary/aromatic N) is 2. The van der Waals surface area contributed by atoms with Gasteiger partial charge in [-0.3, -0.25) is 0 Å². The topological polar surface area (TPSA) is 6.48 Å². The molecule has 0 atom stereocenters. The molecular formula is C77H67BN2. The Bertz CT molecular complexity index is 3540. The molecule has 0 bridgehead atoms. The fourth-order valence-electron chi connectivity index (χ4n) is 13.5. The molecule has 0 saturated heterocycles. The average Bonchev–Trinajstić information content (AvgIpc) is 3.62. The van der Waals surface area contributed by atoms with Crippen LogP contribution < -0.4 is 26.2 Å². The molecule has 80 heavy (non-hydrogen) atoms. The minimum atomic E-state index is -0.565. The van der Waals surface area contributed by atoms with Gasteiger partial charge in [-0.1, -0.05) is 272 Å². The third-order valence-corrected chi connectivity index (χ3v) is 17.3. The Labute approximate surface area is 474 Å². The van der Waals surface area contributed by atoms with E-state index in [1.807, 2.05) is 0 Å². The highest BCUT2D eigenvalue weighted by Gasteiger charge is 2.46. The molecule has 2 aliphatic rings. The number of aryl methyl sites for hydroxylation is 1. The first kappa shape index (κ1) is 50.6. The molecule has 0 fully saturated rings. The zero-order valence-corrected chi connectivity index (χ0v) is 47.0. The first-order chi connectivity index (χ1) is 38.9. The Balaban J connectivity index is 1.04. The summed E-state index contributed by atoms with van der Waals surface area (Å²) in [6.45, 7) is 16.3. The highest BCUT2D eigenvalue weighted by molar-refractivity contribution is 7.00. The van der Waals surface area contributed by atoms with Gasteiger partial charge < -0.3 is 9.80 Å². The summed E-state index contributed by atoms with van der Waals surface area (Å²) in [6, 6.07) is 105. The number of rotatable bonds is 10. The first-order valence-electron chi connectivity index (χ1n) is 28.4. The van der Waals surface area contributed by atoms with Crippen molar-refractivity contribution >= 4 is 57.2 Å². The van der Waals surface area contributed by atoms with Crippen LogP contribution in [-0.4, -0.2) is 6.71 Å². The van der Waals surface area contributed by atoms with Gasteiger partial charge in [-0.05, 0) is 144 Å². The van der Waals surface area contributed by atoms with Gasteiger partial charge in [0.05, 0.1) is 10.8 Å². The maximum Gasteiger partial charge on any atom is 0.252 e. The molecule has 13 rings (SSSR count). The zero-order valence-electron chi connectivity index (χ0n) is 47.0. The van der Waals surface area contributed by atoms with Crippen LogP contribution in [0.25, 0.3) is 0 Å². The quantitative estimate of drug-likeness (QED) is 0.0995. The van der Waals surface area contributed by atoms with Crippen LogP contribution in [0.1, 0.15) is 103 Å². The van der Waals surface area contributed by atoms with Crippen molar-refractivity contribution in [3.8, 4) is 0 Å². The van der Waals surface area contributed by atoms with Crippen molar-refractivity contribution in [2.45, 2.75) is 70.1 Å². The summed E-state index contributed by atoms with van der Waals surface area (Å²) < 4.78 is 0. The van der Waals surface area contributed by atoms with Crippen molar-refractivity contribution in [3.63, 3.8) is 0 Å². The van der Waals surface area contributed by atoms with E-state index in [1.165, 1.54) is 100 Å². The molecule has 0 aliphatic carbocycles. The first-order valence-corrected chi connectivity index (χ1v) is 28.4. The largest absolute Gasteiger partial charge is 0.311 e. The summed E-state index contributed by atoms with van der Waals surface area (Å²) in [4.78, 5) is 5.13. The van der Waals surface area contributed by atoms with Crippen LogP contribution in [0.3, 0.4) is 0 Å². The monoisotopic (exact) mass is 1030 g/mol. The Kier molecular flexibility index (Phi) is 12.5. The van der Waals surface area contributed by atoms with E-state index in [0.717, 1.165) is 11.4 Å². The van der Waals surface area contributed by atoms with Crippen LogP contribution in [0.4, 0.5) is 34.1 Å². The fraction of sp³-hybridized carbons (Fsp3) is 0.143. The number of hydrogen-bond acceptors (Lipinski definition) is 2. The van der Waals surface area contributed by atoms with Crippen LogP contribution >= 0.6 is 0 Å². The maximum atomic E-state index is 2.57. The molecule has 0 unspecified atom stereocenters. The normalized spacial score (nSPS) is 13.1. The van der Waals surface area contributed by atoms with E-state index in [2.05, 4.69) is 337 Å². The lowest BCUT2D eigenvalue weighted by atomic mass is 9.33. The average molecular weight is 1030 g/mol. The number of benzene rings is 11. The molecule has 2 nitrogen and oxygen atoms in total. The summed E-state index contributed by atoms with van der Waals surface area (Å²) in [5, 5.41) is 0. The number of anilines is 6. The fourth-order valence-corrected chi connectivity index (χ4v) is 13.5. The highest BCUT2D eigenvalue weighted by atomic mass is 15.2. The van der Waals surface area contributed by atoms with Crippen molar-refractivity contribution in [1.82, 2.24) is 0 Å². The maximum absolute atomic E-state index is 2.57. The second kappa shape index (κ2) is 19.8. The number of hydrogen-bond donors (Lipinski definition) is 0. The van der Waals surface area contributed by atoms with Crippen molar-refractivity contribution in [2.24, 2.45) is 0 Å². The minimum Gasteiger partial charge on any atom is -0.311 e. The van der Waals surface area contributed by atoms with E-state index >= 15 is 0 Å². The van der Waals surface area contributed by atoms with E-state index in [4.69, 9.17) is 0 Å². The summed E-state index contributed by atoms with van der Waals surface area (Å²) in [5.41, 5.74) is 23.4. The molecule has 11 aromatic carbocycles. The molecule has 3 heteroatoms. The molecule has 0 saturated carbocycles. The SMILES string of the molecule is Cc1cc2c3c(c1)N(c1ccc(C(c4ccccc4)(c4ccccc4)c4ccccc4)cc1)c1ccc(C(C)(C)C)cc1B3c1cc(C(C)(C)C)ccc1N2c1ccc(C(c2ccccc2)(c2ccccc2)c2ccccc2)cc1. The summed E-state index contributed by atoms with van der Waals surface area (Å²) in [5.74, 6) is 0. The van der Waals surface area contributed by atoms with Crippen molar-refractivity contribution in [3.05, 3.63) is 340 Å².